The van der Waals surface area contributed by atoms with Gasteiger partial charge in [0.05, 0.1) is 23.7 Å². The average molecular weight is 336 g/mol. The molecule has 1 unspecified atom stereocenters. The van der Waals surface area contributed by atoms with Crippen LogP contribution in [0.4, 0.5) is 11.6 Å². The molecule has 1 aliphatic heterocycles. The Morgan fingerprint density at radius 2 is 2.24 bits per heavy atom. The van der Waals surface area contributed by atoms with E-state index < -0.39 is 6.10 Å². The number of benzene rings is 1. The van der Waals surface area contributed by atoms with Crippen LogP contribution in [0.15, 0.2) is 42.9 Å². The minimum Gasteiger partial charge on any atom is -0.388 e. The van der Waals surface area contributed by atoms with Gasteiger partial charge in [-0.3, -0.25) is 4.68 Å². The second-order valence-electron chi connectivity index (χ2n) is 6.19. The number of aryl methyl sites for hydroxylation is 1. The highest BCUT2D eigenvalue weighted by molar-refractivity contribution is 5.63. The molecule has 0 bridgehead atoms. The van der Waals surface area contributed by atoms with Crippen LogP contribution in [0.25, 0.3) is 11.3 Å². The van der Waals surface area contributed by atoms with Crippen LogP contribution in [0, 0.1) is 0 Å². The van der Waals surface area contributed by atoms with Crippen LogP contribution in [0.3, 0.4) is 0 Å². The van der Waals surface area contributed by atoms with Gasteiger partial charge in [0, 0.05) is 31.5 Å². The van der Waals surface area contributed by atoms with Crippen molar-refractivity contribution in [3.05, 3.63) is 54.0 Å². The topological polar surface area (TPSA) is 87.9 Å². The fourth-order valence-corrected chi connectivity index (χ4v) is 3.06. The molecule has 7 heteroatoms. The van der Waals surface area contributed by atoms with Gasteiger partial charge in [-0.2, -0.15) is 5.10 Å². The maximum atomic E-state index is 10.2. The molecule has 1 aromatic carbocycles. The van der Waals surface area contributed by atoms with Crippen LogP contribution < -0.4 is 10.6 Å². The summed E-state index contributed by atoms with van der Waals surface area (Å²) in [5.41, 5.74) is 4.79. The molecule has 0 fully saturated rings. The van der Waals surface area contributed by atoms with Gasteiger partial charge in [0.1, 0.15) is 0 Å². The van der Waals surface area contributed by atoms with E-state index in [-0.39, 0.29) is 0 Å². The first-order chi connectivity index (χ1) is 12.2. The van der Waals surface area contributed by atoms with E-state index in [1.807, 2.05) is 31.4 Å². The third-order valence-corrected chi connectivity index (χ3v) is 4.32. The standard InChI is InChI=1S/C18H20N6O/c1-24-11-14(10-21-24)22-18-20-7-4-16(23-18)12-2-3-15-13(8-12)9-19-6-5-17(15)25/h2-4,7-8,10-11,17,19,25H,5-6,9H2,1H3,(H,20,22,23). The van der Waals surface area contributed by atoms with E-state index >= 15 is 0 Å². The van der Waals surface area contributed by atoms with Crippen LogP contribution in [0.5, 0.6) is 0 Å². The monoisotopic (exact) mass is 336 g/mol. The summed E-state index contributed by atoms with van der Waals surface area (Å²) in [5, 5.41) is 20.9. The summed E-state index contributed by atoms with van der Waals surface area (Å²) in [4.78, 5) is 8.87. The zero-order valence-electron chi connectivity index (χ0n) is 14.0. The summed E-state index contributed by atoms with van der Waals surface area (Å²) >= 11 is 0. The van der Waals surface area contributed by atoms with Crippen molar-refractivity contribution >= 4 is 11.6 Å². The molecular formula is C18H20N6O. The molecule has 0 aliphatic carbocycles. The number of rotatable bonds is 3. The van der Waals surface area contributed by atoms with Gasteiger partial charge in [0.25, 0.3) is 0 Å². The van der Waals surface area contributed by atoms with Crippen LogP contribution >= 0.6 is 0 Å². The highest BCUT2D eigenvalue weighted by Gasteiger charge is 2.16. The van der Waals surface area contributed by atoms with Crippen LogP contribution in [-0.4, -0.2) is 31.4 Å². The molecule has 7 nitrogen and oxygen atoms in total. The lowest BCUT2D eigenvalue weighted by Gasteiger charge is -2.13. The minimum atomic E-state index is -0.410. The SMILES string of the molecule is Cn1cc(Nc2nccc(-c3ccc4c(c3)CNCCC4O)n2)cn1. The lowest BCUT2D eigenvalue weighted by Crippen LogP contribution is -2.12. The number of hydrogen-bond donors (Lipinski definition) is 3. The van der Waals surface area contributed by atoms with E-state index in [1.165, 1.54) is 0 Å². The summed E-state index contributed by atoms with van der Waals surface area (Å²) in [6, 6.07) is 7.98. The first-order valence-electron chi connectivity index (χ1n) is 8.30. The summed E-state index contributed by atoms with van der Waals surface area (Å²) < 4.78 is 1.72. The van der Waals surface area contributed by atoms with E-state index in [0.717, 1.165) is 47.6 Å². The Kier molecular flexibility index (Phi) is 4.17. The van der Waals surface area contributed by atoms with Gasteiger partial charge < -0.3 is 15.7 Å². The first kappa shape index (κ1) is 15.7. The van der Waals surface area contributed by atoms with E-state index in [2.05, 4.69) is 31.8 Å². The summed E-state index contributed by atoms with van der Waals surface area (Å²) in [7, 11) is 1.86. The second kappa shape index (κ2) is 6.62. The molecule has 25 heavy (non-hydrogen) atoms. The molecule has 0 amide bonds. The maximum Gasteiger partial charge on any atom is 0.227 e. The molecule has 4 rings (SSSR count). The number of hydrogen-bond acceptors (Lipinski definition) is 6. The van der Waals surface area contributed by atoms with E-state index in [0.29, 0.717) is 5.95 Å². The Hall–Kier alpha value is -2.77. The Bertz CT molecular complexity index is 891. The van der Waals surface area contributed by atoms with Gasteiger partial charge in [0.2, 0.25) is 5.95 Å². The largest absolute Gasteiger partial charge is 0.388 e. The molecule has 128 valence electrons. The highest BCUT2D eigenvalue weighted by atomic mass is 16.3. The highest BCUT2D eigenvalue weighted by Crippen LogP contribution is 2.28. The Labute approximate surface area is 145 Å². The smallest absolute Gasteiger partial charge is 0.227 e. The molecule has 0 saturated heterocycles. The van der Waals surface area contributed by atoms with Crippen molar-refractivity contribution < 1.29 is 5.11 Å². The molecule has 3 N–H and O–H groups in total. The van der Waals surface area contributed by atoms with Crippen molar-refractivity contribution in [1.82, 2.24) is 25.1 Å². The quantitative estimate of drug-likeness (QED) is 0.679. The zero-order valence-corrected chi connectivity index (χ0v) is 14.0. The number of nitrogens with one attached hydrogen (secondary N) is 2. The predicted octanol–water partition coefficient (Wildman–Crippen LogP) is 2.15. The van der Waals surface area contributed by atoms with Crippen molar-refractivity contribution in [3.63, 3.8) is 0 Å². The molecule has 1 aliphatic rings. The van der Waals surface area contributed by atoms with Crippen molar-refractivity contribution in [3.8, 4) is 11.3 Å². The predicted molar refractivity (Wildman–Crippen MR) is 95.2 cm³/mol. The number of aliphatic hydroxyl groups excluding tert-OH is 1. The van der Waals surface area contributed by atoms with E-state index in [1.54, 1.807) is 17.1 Å². The average Bonchev–Trinajstić information content (AvgIpc) is 2.93. The van der Waals surface area contributed by atoms with Gasteiger partial charge in [-0.25, -0.2) is 9.97 Å². The van der Waals surface area contributed by atoms with Gasteiger partial charge >= 0.3 is 0 Å². The lowest BCUT2D eigenvalue weighted by atomic mass is 9.98. The van der Waals surface area contributed by atoms with E-state index in [9.17, 15) is 5.11 Å². The Balaban J connectivity index is 1.63. The van der Waals surface area contributed by atoms with Crippen molar-refractivity contribution in [2.45, 2.75) is 19.1 Å². The van der Waals surface area contributed by atoms with Crippen LogP contribution in [0.1, 0.15) is 23.7 Å². The lowest BCUT2D eigenvalue weighted by molar-refractivity contribution is 0.170. The normalized spacial score (nSPS) is 17.0. The molecule has 1 atom stereocenters. The third-order valence-electron chi connectivity index (χ3n) is 4.32. The molecule has 0 radical (unpaired) electrons. The van der Waals surface area contributed by atoms with Gasteiger partial charge in [-0.1, -0.05) is 12.1 Å². The Morgan fingerprint density at radius 3 is 3.08 bits per heavy atom. The molecule has 0 saturated carbocycles. The molecule has 3 heterocycles. The van der Waals surface area contributed by atoms with E-state index in [4.69, 9.17) is 0 Å². The molecule has 2 aromatic heterocycles. The number of nitrogens with zero attached hydrogens (tertiary/aromatic N) is 4. The summed E-state index contributed by atoms with van der Waals surface area (Å²) in [5.74, 6) is 0.526. The van der Waals surface area contributed by atoms with Gasteiger partial charge in [-0.15, -0.1) is 0 Å². The zero-order chi connectivity index (χ0) is 17.2. The van der Waals surface area contributed by atoms with Crippen molar-refractivity contribution in [2.24, 2.45) is 7.05 Å². The summed E-state index contributed by atoms with van der Waals surface area (Å²) in [6.07, 6.45) is 5.66. The minimum absolute atomic E-state index is 0.410. The van der Waals surface area contributed by atoms with Crippen molar-refractivity contribution in [2.75, 3.05) is 11.9 Å². The second-order valence-corrected chi connectivity index (χ2v) is 6.19. The fourth-order valence-electron chi connectivity index (χ4n) is 3.06. The van der Waals surface area contributed by atoms with Crippen LogP contribution in [0.2, 0.25) is 0 Å². The summed E-state index contributed by atoms with van der Waals surface area (Å²) in [6.45, 7) is 1.57. The number of aromatic nitrogens is 4. The Morgan fingerprint density at radius 1 is 1.32 bits per heavy atom. The van der Waals surface area contributed by atoms with Crippen LogP contribution in [-0.2, 0) is 13.6 Å². The molecular weight excluding hydrogens is 316 g/mol. The number of aliphatic hydroxyl groups is 1. The van der Waals surface area contributed by atoms with Gasteiger partial charge in [0.15, 0.2) is 0 Å². The van der Waals surface area contributed by atoms with Gasteiger partial charge in [-0.05, 0) is 36.2 Å². The maximum absolute atomic E-state index is 10.2. The van der Waals surface area contributed by atoms with Crippen molar-refractivity contribution in [1.29, 1.82) is 0 Å². The first-order valence-corrected chi connectivity index (χ1v) is 8.30. The fraction of sp³-hybridized carbons (Fsp3) is 0.278. The number of anilines is 2. The molecule has 0 spiro atoms. The third kappa shape index (κ3) is 3.38. The number of fused-ring (bicyclic) bond motifs is 1. The molecule has 3 aromatic rings.